The molecule has 0 radical (unpaired) electrons. The lowest BCUT2D eigenvalue weighted by molar-refractivity contribution is -0.777. The Balaban J connectivity index is 2.34. The van der Waals surface area contributed by atoms with Gasteiger partial charge in [-0.25, -0.2) is 4.99 Å². The minimum atomic E-state index is -0.412. The zero-order valence-corrected chi connectivity index (χ0v) is 10.8. The van der Waals surface area contributed by atoms with Crippen LogP contribution in [0.2, 0.25) is 5.15 Å². The van der Waals surface area contributed by atoms with E-state index >= 15 is 0 Å². The van der Waals surface area contributed by atoms with Crippen molar-refractivity contribution in [2.24, 2.45) is 4.99 Å². The molecule has 0 aliphatic rings. The van der Waals surface area contributed by atoms with Crippen molar-refractivity contribution in [1.29, 1.82) is 0 Å². The Bertz CT molecular complexity index is 564. The SMILES string of the molecule is CC(C)[n+]1noc(/N=C(\[O-])c2ccccc2)c1Cl. The van der Waals surface area contributed by atoms with Crippen molar-refractivity contribution in [2.45, 2.75) is 19.9 Å². The molecule has 1 aromatic heterocycles. The highest BCUT2D eigenvalue weighted by Gasteiger charge is 2.24. The molecule has 0 amide bonds. The van der Waals surface area contributed by atoms with Crippen LogP contribution in [0.1, 0.15) is 25.5 Å². The Kier molecular flexibility index (Phi) is 3.62. The molecule has 0 spiro atoms. The molecule has 18 heavy (non-hydrogen) atoms. The summed E-state index contributed by atoms with van der Waals surface area (Å²) in [7, 11) is 0. The van der Waals surface area contributed by atoms with Gasteiger partial charge in [0.2, 0.25) is 5.27 Å². The minimum Gasteiger partial charge on any atom is -0.858 e. The van der Waals surface area contributed by atoms with Crippen LogP contribution in [0.15, 0.2) is 39.8 Å². The minimum absolute atomic E-state index is 0.0271. The molecule has 0 aliphatic heterocycles. The second-order valence-electron chi connectivity index (χ2n) is 3.99. The van der Waals surface area contributed by atoms with E-state index in [2.05, 4.69) is 10.3 Å². The van der Waals surface area contributed by atoms with Gasteiger partial charge in [-0.1, -0.05) is 30.3 Å². The van der Waals surface area contributed by atoms with E-state index in [-0.39, 0.29) is 17.1 Å². The van der Waals surface area contributed by atoms with E-state index < -0.39 is 5.90 Å². The second-order valence-corrected chi connectivity index (χ2v) is 4.35. The maximum atomic E-state index is 11.8. The van der Waals surface area contributed by atoms with Crippen molar-refractivity contribution >= 4 is 23.4 Å². The van der Waals surface area contributed by atoms with Crippen LogP contribution >= 0.6 is 11.6 Å². The zero-order valence-electron chi connectivity index (χ0n) is 10.0. The van der Waals surface area contributed by atoms with E-state index in [9.17, 15) is 5.11 Å². The highest BCUT2D eigenvalue weighted by molar-refractivity contribution is 6.30. The molecule has 0 bridgehead atoms. The quantitative estimate of drug-likeness (QED) is 0.481. The first-order valence-electron chi connectivity index (χ1n) is 5.47. The molecule has 0 atom stereocenters. The van der Waals surface area contributed by atoms with Gasteiger partial charge < -0.3 is 5.11 Å². The monoisotopic (exact) mass is 265 g/mol. The number of aromatic nitrogens is 2. The number of halogens is 1. The van der Waals surface area contributed by atoms with Crippen LogP contribution in [-0.2, 0) is 0 Å². The van der Waals surface area contributed by atoms with Gasteiger partial charge in [-0.05, 0) is 27.7 Å². The highest BCUT2D eigenvalue weighted by atomic mass is 35.5. The first-order valence-corrected chi connectivity index (χ1v) is 5.85. The smallest absolute Gasteiger partial charge is 0.369 e. The summed E-state index contributed by atoms with van der Waals surface area (Å²) in [5, 5.41) is 15.8. The third-order valence-electron chi connectivity index (χ3n) is 2.31. The van der Waals surface area contributed by atoms with Crippen LogP contribution in [-0.4, -0.2) is 11.2 Å². The summed E-state index contributed by atoms with van der Waals surface area (Å²) in [6, 6.07) is 8.74. The maximum absolute atomic E-state index is 11.8. The predicted octanol–water partition coefficient (Wildman–Crippen LogP) is 1.63. The number of hydrogen-bond acceptors (Lipinski definition) is 4. The lowest BCUT2D eigenvalue weighted by atomic mass is 10.2. The average Bonchev–Trinajstić information content (AvgIpc) is 2.72. The topological polar surface area (TPSA) is 65.3 Å². The summed E-state index contributed by atoms with van der Waals surface area (Å²) in [6.45, 7) is 3.80. The molecule has 1 heterocycles. The maximum Gasteiger partial charge on any atom is 0.369 e. The molecule has 0 N–H and O–H groups in total. The summed E-state index contributed by atoms with van der Waals surface area (Å²) >= 11 is 6.01. The molecule has 0 unspecified atom stereocenters. The van der Waals surface area contributed by atoms with Gasteiger partial charge in [-0.3, -0.25) is 4.52 Å². The van der Waals surface area contributed by atoms with Crippen molar-refractivity contribution in [3.8, 4) is 0 Å². The third kappa shape index (κ3) is 2.51. The fourth-order valence-corrected chi connectivity index (χ4v) is 1.68. The van der Waals surface area contributed by atoms with Gasteiger partial charge in [0.1, 0.15) is 0 Å². The molecule has 94 valence electrons. The van der Waals surface area contributed by atoms with Gasteiger partial charge in [-0.2, -0.15) is 0 Å². The van der Waals surface area contributed by atoms with Gasteiger partial charge in [0.15, 0.2) is 6.04 Å². The molecular formula is C12H12ClN3O2. The molecule has 2 rings (SSSR count). The van der Waals surface area contributed by atoms with Crippen LogP contribution in [0.5, 0.6) is 0 Å². The number of rotatable bonds is 3. The molecule has 0 fully saturated rings. The summed E-state index contributed by atoms with van der Waals surface area (Å²) < 4.78 is 6.40. The predicted molar refractivity (Wildman–Crippen MR) is 64.7 cm³/mol. The fraction of sp³-hybridized carbons (Fsp3) is 0.250. The molecule has 0 aliphatic carbocycles. The Hall–Kier alpha value is -1.88. The van der Waals surface area contributed by atoms with Gasteiger partial charge in [0.05, 0.1) is 0 Å². The summed E-state index contributed by atoms with van der Waals surface area (Å²) in [6.07, 6.45) is 0. The first-order chi connectivity index (χ1) is 8.59. The molecule has 6 heteroatoms. The Labute approximate surface area is 109 Å². The molecular weight excluding hydrogens is 254 g/mol. The van der Waals surface area contributed by atoms with Gasteiger partial charge in [0.25, 0.3) is 0 Å². The largest absolute Gasteiger partial charge is 0.858 e. The second kappa shape index (κ2) is 5.18. The Morgan fingerprint density at radius 3 is 2.61 bits per heavy atom. The van der Waals surface area contributed by atoms with Crippen molar-refractivity contribution in [1.82, 2.24) is 5.27 Å². The molecule has 1 aromatic carbocycles. The van der Waals surface area contributed by atoms with E-state index in [1.165, 1.54) is 4.68 Å². The number of hydrogen-bond donors (Lipinski definition) is 0. The number of aliphatic imine (C=N–C) groups is 1. The van der Waals surface area contributed by atoms with Crippen LogP contribution < -0.4 is 9.79 Å². The molecule has 0 saturated heterocycles. The van der Waals surface area contributed by atoms with E-state index in [4.69, 9.17) is 16.1 Å². The van der Waals surface area contributed by atoms with Crippen LogP contribution in [0.4, 0.5) is 5.88 Å². The molecule has 0 saturated carbocycles. The highest BCUT2D eigenvalue weighted by Crippen LogP contribution is 2.21. The van der Waals surface area contributed by atoms with Crippen molar-refractivity contribution in [2.75, 3.05) is 0 Å². The standard InChI is InChI=1S/C12H12ClN3O2/c1-8(2)16-10(13)12(18-15-16)14-11(17)9-6-4-3-5-7-9/h3-8H,1-2H3. The number of nitrogens with zero attached hydrogens (tertiary/aromatic N) is 3. The van der Waals surface area contributed by atoms with Crippen LogP contribution in [0, 0.1) is 0 Å². The van der Waals surface area contributed by atoms with E-state index in [0.717, 1.165) is 0 Å². The first kappa shape index (κ1) is 12.6. The normalized spacial score (nSPS) is 12.1. The zero-order chi connectivity index (χ0) is 13.1. The van der Waals surface area contributed by atoms with Gasteiger partial charge in [0, 0.05) is 13.8 Å². The van der Waals surface area contributed by atoms with E-state index in [1.807, 2.05) is 19.9 Å². The van der Waals surface area contributed by atoms with E-state index in [1.54, 1.807) is 24.3 Å². The summed E-state index contributed by atoms with van der Waals surface area (Å²) in [5.74, 6) is -0.385. The van der Waals surface area contributed by atoms with E-state index in [0.29, 0.717) is 5.56 Å². The van der Waals surface area contributed by atoms with Crippen molar-refractivity contribution in [3.05, 3.63) is 41.0 Å². The Morgan fingerprint density at radius 1 is 1.39 bits per heavy atom. The average molecular weight is 266 g/mol. The van der Waals surface area contributed by atoms with Gasteiger partial charge in [-0.15, -0.1) is 0 Å². The summed E-state index contributed by atoms with van der Waals surface area (Å²) in [4.78, 5) is 3.81. The Morgan fingerprint density at radius 2 is 2.06 bits per heavy atom. The van der Waals surface area contributed by atoms with Crippen LogP contribution in [0.25, 0.3) is 0 Å². The molecule has 2 aromatic rings. The van der Waals surface area contributed by atoms with Crippen molar-refractivity contribution in [3.63, 3.8) is 0 Å². The summed E-state index contributed by atoms with van der Waals surface area (Å²) in [5.41, 5.74) is 0.473. The van der Waals surface area contributed by atoms with Gasteiger partial charge >= 0.3 is 11.0 Å². The lowest BCUT2D eigenvalue weighted by Crippen LogP contribution is -2.38. The third-order valence-corrected chi connectivity index (χ3v) is 2.64. The molecule has 5 nitrogen and oxygen atoms in total. The number of benzene rings is 1. The van der Waals surface area contributed by atoms with Crippen molar-refractivity contribution < 1.29 is 14.3 Å². The lowest BCUT2D eigenvalue weighted by Gasteiger charge is -2.07. The van der Waals surface area contributed by atoms with Crippen LogP contribution in [0.3, 0.4) is 0 Å². The fourth-order valence-electron chi connectivity index (χ4n) is 1.38.